The summed E-state index contributed by atoms with van der Waals surface area (Å²) in [7, 11) is 0. The van der Waals surface area contributed by atoms with Gasteiger partial charge in [0.25, 0.3) is 0 Å². The Hall–Kier alpha value is -1.91. The fourth-order valence-electron chi connectivity index (χ4n) is 4.99. The fraction of sp³-hybridized carbons (Fsp3) is 0.750. The summed E-state index contributed by atoms with van der Waals surface area (Å²) < 4.78 is 0. The van der Waals surface area contributed by atoms with Crippen molar-refractivity contribution < 1.29 is 34.5 Å². The van der Waals surface area contributed by atoms with Gasteiger partial charge >= 0.3 is 5.97 Å². The van der Waals surface area contributed by atoms with Crippen molar-refractivity contribution in [1.29, 1.82) is 0 Å². The zero-order chi connectivity index (χ0) is 25.5. The first-order chi connectivity index (χ1) is 16.0. The molecule has 34 heavy (non-hydrogen) atoms. The number of thioether (sulfide) groups is 1. The number of aliphatic carboxylic acids is 1. The van der Waals surface area contributed by atoms with Crippen LogP contribution in [0.2, 0.25) is 0 Å². The number of unbranched alkanes of at least 4 members (excludes halogenated alkanes) is 3. The van der Waals surface area contributed by atoms with E-state index < -0.39 is 58.0 Å². The summed E-state index contributed by atoms with van der Waals surface area (Å²) in [5.74, 6) is -4.01. The highest BCUT2D eigenvalue weighted by Crippen LogP contribution is 2.46. The first kappa shape index (κ1) is 28.3. The Morgan fingerprint density at radius 1 is 1.29 bits per heavy atom. The van der Waals surface area contributed by atoms with Gasteiger partial charge < -0.3 is 26.0 Å². The minimum Gasteiger partial charge on any atom is -0.480 e. The number of rotatable bonds is 12. The van der Waals surface area contributed by atoms with Crippen LogP contribution in [-0.2, 0) is 19.2 Å². The Morgan fingerprint density at radius 2 is 2.00 bits per heavy atom. The average Bonchev–Trinajstić information content (AvgIpc) is 2.99. The van der Waals surface area contributed by atoms with Crippen LogP contribution >= 0.6 is 11.8 Å². The highest BCUT2D eigenvalue weighted by atomic mass is 32.2. The maximum absolute atomic E-state index is 13.6. The Kier molecular flexibility index (Phi) is 10.1. The number of amides is 2. The van der Waals surface area contributed by atoms with E-state index in [2.05, 4.69) is 17.6 Å². The quantitative estimate of drug-likeness (QED) is 0.202. The third kappa shape index (κ3) is 6.01. The van der Waals surface area contributed by atoms with Crippen LogP contribution in [0.1, 0.15) is 72.1 Å². The van der Waals surface area contributed by atoms with Gasteiger partial charge in [-0.1, -0.05) is 56.5 Å². The predicted molar refractivity (Wildman–Crippen MR) is 129 cm³/mol. The first-order valence-corrected chi connectivity index (χ1v) is 13.0. The van der Waals surface area contributed by atoms with Gasteiger partial charge in [0, 0.05) is 18.6 Å². The molecule has 0 bridgehead atoms. The van der Waals surface area contributed by atoms with Crippen molar-refractivity contribution in [2.45, 2.75) is 95.4 Å². The monoisotopic (exact) mass is 498 g/mol. The van der Waals surface area contributed by atoms with Gasteiger partial charge in [0.15, 0.2) is 5.54 Å². The molecular formula is C24H38N2O7S. The molecule has 5 N–H and O–H groups in total. The first-order valence-electron chi connectivity index (χ1n) is 12.0. The number of allylic oxidation sites excluding steroid dienone is 1. The fourth-order valence-corrected chi connectivity index (χ4v) is 6.14. The van der Waals surface area contributed by atoms with Crippen LogP contribution < -0.4 is 10.6 Å². The molecule has 0 saturated carbocycles. The minimum atomic E-state index is -2.00. The van der Waals surface area contributed by atoms with Crippen molar-refractivity contribution in [3.05, 3.63) is 12.2 Å². The lowest BCUT2D eigenvalue weighted by Gasteiger charge is -2.45. The van der Waals surface area contributed by atoms with Gasteiger partial charge in [-0.2, -0.15) is 0 Å². The van der Waals surface area contributed by atoms with Gasteiger partial charge in [0.1, 0.15) is 11.6 Å². The SMILES string of the molecule is CCCCCC[C@H]1C(=O)N[C@](C(=O)SC[C@H](NC(C)=O)C(=O)O)([C@@H](O)[C@@H]2C=CCCC2)[C@@]1(C)O. The summed E-state index contributed by atoms with van der Waals surface area (Å²) in [5.41, 5.74) is -3.90. The van der Waals surface area contributed by atoms with Crippen molar-refractivity contribution in [3.63, 3.8) is 0 Å². The third-order valence-electron chi connectivity index (χ3n) is 6.98. The largest absolute Gasteiger partial charge is 0.480 e. The summed E-state index contributed by atoms with van der Waals surface area (Å²) >= 11 is 0.588. The van der Waals surface area contributed by atoms with Crippen LogP contribution in [0.15, 0.2) is 12.2 Å². The van der Waals surface area contributed by atoms with Crippen LogP contribution in [0, 0.1) is 11.8 Å². The van der Waals surface area contributed by atoms with Gasteiger partial charge in [-0.15, -0.1) is 0 Å². The Morgan fingerprint density at radius 3 is 2.56 bits per heavy atom. The Labute approximate surface area is 205 Å². The van der Waals surface area contributed by atoms with Crippen LogP contribution in [0.5, 0.6) is 0 Å². The molecule has 0 spiro atoms. The predicted octanol–water partition coefficient (Wildman–Crippen LogP) is 1.76. The second kappa shape index (κ2) is 12.2. The summed E-state index contributed by atoms with van der Waals surface area (Å²) in [6, 6.07) is -1.33. The molecule has 10 heteroatoms. The summed E-state index contributed by atoms with van der Waals surface area (Å²) in [6.07, 6.45) is 8.52. The zero-order valence-electron chi connectivity index (χ0n) is 20.2. The molecule has 6 atom stereocenters. The standard InChI is InChI=1S/C24H38N2O7S/c1-4-5-6-10-13-17-20(29)26-24(23(17,3)33,19(28)16-11-8-7-9-12-16)22(32)34-14-18(21(30)31)25-15(2)27/h8,11,16-19,28,33H,4-7,9-10,12-14H2,1-3H3,(H,25,27)(H,26,29)(H,30,31)/t16-,17+,18+,19+,23+,24+/m1/s1. The van der Waals surface area contributed by atoms with E-state index in [-0.39, 0.29) is 5.75 Å². The molecule has 0 aromatic heterocycles. The number of hydrogen-bond acceptors (Lipinski definition) is 7. The number of carbonyl (C=O) groups is 4. The molecule has 2 amide bonds. The lowest BCUT2D eigenvalue weighted by atomic mass is 9.68. The molecule has 1 fully saturated rings. The number of aliphatic hydroxyl groups excluding tert-OH is 1. The maximum atomic E-state index is 13.6. The van der Waals surface area contributed by atoms with E-state index in [1.807, 2.05) is 12.2 Å². The lowest BCUT2D eigenvalue weighted by molar-refractivity contribution is -0.142. The summed E-state index contributed by atoms with van der Waals surface area (Å²) in [4.78, 5) is 49.6. The highest BCUT2D eigenvalue weighted by Gasteiger charge is 2.68. The smallest absolute Gasteiger partial charge is 0.327 e. The van der Waals surface area contributed by atoms with Crippen molar-refractivity contribution in [2.24, 2.45) is 11.8 Å². The number of carbonyl (C=O) groups excluding carboxylic acids is 3. The summed E-state index contributed by atoms with van der Waals surface area (Å²) in [5, 5.41) is 36.7. The molecule has 9 nitrogen and oxygen atoms in total. The van der Waals surface area contributed by atoms with E-state index in [1.54, 1.807) is 0 Å². The van der Waals surface area contributed by atoms with E-state index in [4.69, 9.17) is 0 Å². The van der Waals surface area contributed by atoms with E-state index in [0.717, 1.165) is 32.1 Å². The van der Waals surface area contributed by atoms with Crippen molar-refractivity contribution in [1.82, 2.24) is 10.6 Å². The molecule has 0 aromatic carbocycles. The Balaban J connectivity index is 2.36. The number of hydrogen-bond donors (Lipinski definition) is 5. The third-order valence-corrected chi connectivity index (χ3v) is 8.06. The maximum Gasteiger partial charge on any atom is 0.327 e. The molecular weight excluding hydrogens is 460 g/mol. The van der Waals surface area contributed by atoms with Crippen molar-refractivity contribution in [3.8, 4) is 0 Å². The molecule has 2 aliphatic rings. The molecule has 0 aromatic rings. The molecule has 0 radical (unpaired) electrons. The number of carboxylic acid groups (broad SMARTS) is 1. The lowest BCUT2D eigenvalue weighted by Crippen LogP contribution is -2.69. The number of carboxylic acids is 1. The molecule has 1 aliphatic heterocycles. The van der Waals surface area contributed by atoms with Gasteiger partial charge in [-0.25, -0.2) is 4.79 Å². The van der Waals surface area contributed by atoms with Gasteiger partial charge in [0.2, 0.25) is 16.9 Å². The minimum absolute atomic E-state index is 0.310. The number of nitrogens with one attached hydrogen (secondary N) is 2. The van der Waals surface area contributed by atoms with E-state index in [1.165, 1.54) is 13.8 Å². The Bertz CT molecular complexity index is 800. The molecule has 1 saturated heterocycles. The van der Waals surface area contributed by atoms with Crippen LogP contribution in [0.3, 0.4) is 0 Å². The summed E-state index contributed by atoms with van der Waals surface area (Å²) in [6.45, 7) is 4.65. The molecule has 1 heterocycles. The zero-order valence-corrected chi connectivity index (χ0v) is 21.0. The van der Waals surface area contributed by atoms with Crippen LogP contribution in [-0.4, -0.2) is 67.3 Å². The molecule has 0 unspecified atom stereocenters. The van der Waals surface area contributed by atoms with E-state index >= 15 is 0 Å². The number of aliphatic hydroxyl groups is 2. The average molecular weight is 499 g/mol. The molecule has 192 valence electrons. The topological polar surface area (TPSA) is 153 Å². The molecule has 1 aliphatic carbocycles. The van der Waals surface area contributed by atoms with Gasteiger partial charge in [-0.3, -0.25) is 14.4 Å². The second-order valence-electron chi connectivity index (χ2n) is 9.50. The van der Waals surface area contributed by atoms with Crippen LogP contribution in [0.25, 0.3) is 0 Å². The van der Waals surface area contributed by atoms with E-state index in [0.29, 0.717) is 31.0 Å². The van der Waals surface area contributed by atoms with Gasteiger partial charge in [-0.05, 0) is 32.6 Å². The van der Waals surface area contributed by atoms with Crippen molar-refractivity contribution in [2.75, 3.05) is 5.75 Å². The van der Waals surface area contributed by atoms with Gasteiger partial charge in [0.05, 0.1) is 12.0 Å². The van der Waals surface area contributed by atoms with Crippen molar-refractivity contribution >= 4 is 34.7 Å². The second-order valence-corrected chi connectivity index (χ2v) is 10.5. The highest BCUT2D eigenvalue weighted by molar-refractivity contribution is 8.13. The van der Waals surface area contributed by atoms with Crippen LogP contribution in [0.4, 0.5) is 0 Å². The normalized spacial score (nSPS) is 30.4. The molecule has 2 rings (SSSR count). The van der Waals surface area contributed by atoms with E-state index in [9.17, 15) is 34.5 Å².